The predicted molar refractivity (Wildman–Crippen MR) is 79.8 cm³/mol. The minimum Gasteiger partial charge on any atom is -0.506 e. The zero-order chi connectivity index (χ0) is 14.7. The molecule has 0 spiro atoms. The number of phenolic OH excluding ortho intramolecular Hbond substituents is 1. The fourth-order valence-electron chi connectivity index (χ4n) is 2.72. The molecule has 110 valence electrons. The van der Waals surface area contributed by atoms with Gasteiger partial charge in [-0.25, -0.2) is 0 Å². The van der Waals surface area contributed by atoms with E-state index in [1.807, 2.05) is 4.90 Å². The monoisotopic (exact) mass is 296 g/mol. The number of likely N-dealkylation sites (tertiary alicyclic amines) is 1. The first-order valence-electron chi connectivity index (χ1n) is 7.02. The molecule has 1 aromatic carbocycles. The van der Waals surface area contributed by atoms with Crippen LogP contribution in [0.3, 0.4) is 0 Å². The first kappa shape index (κ1) is 15.1. The number of aromatic hydroxyl groups is 1. The van der Waals surface area contributed by atoms with Gasteiger partial charge in [-0.1, -0.05) is 31.0 Å². The molecule has 2 rings (SSSR count). The van der Waals surface area contributed by atoms with E-state index >= 15 is 0 Å². The van der Waals surface area contributed by atoms with E-state index < -0.39 is 0 Å². The van der Waals surface area contributed by atoms with Gasteiger partial charge in [0.2, 0.25) is 5.91 Å². The highest BCUT2D eigenvalue weighted by atomic mass is 35.5. The van der Waals surface area contributed by atoms with Gasteiger partial charge in [0.25, 0.3) is 0 Å². The average Bonchev–Trinajstić information content (AvgIpc) is 2.76. The molecule has 0 radical (unpaired) electrons. The minimum atomic E-state index is 0.0362. The zero-order valence-corrected chi connectivity index (χ0v) is 12.4. The lowest BCUT2D eigenvalue weighted by Crippen LogP contribution is -2.33. The summed E-state index contributed by atoms with van der Waals surface area (Å²) in [7, 11) is 0. The molecule has 0 aromatic heterocycles. The van der Waals surface area contributed by atoms with E-state index in [2.05, 4.69) is 6.92 Å². The van der Waals surface area contributed by atoms with Crippen LogP contribution in [0.25, 0.3) is 0 Å². The van der Waals surface area contributed by atoms with Crippen LogP contribution in [0.1, 0.15) is 25.3 Å². The molecule has 1 amide bonds. The lowest BCUT2D eigenvalue weighted by atomic mass is 9.99. The summed E-state index contributed by atoms with van der Waals surface area (Å²) in [4.78, 5) is 14.1. The molecule has 1 heterocycles. The van der Waals surface area contributed by atoms with Gasteiger partial charge in [-0.05, 0) is 30.0 Å². The Bertz CT molecular complexity index is 493. The Morgan fingerprint density at radius 3 is 2.90 bits per heavy atom. The first-order chi connectivity index (χ1) is 9.51. The quantitative estimate of drug-likeness (QED) is 0.895. The van der Waals surface area contributed by atoms with E-state index in [1.165, 1.54) is 6.07 Å². The maximum atomic E-state index is 12.3. The molecular weight excluding hydrogens is 276 g/mol. The summed E-state index contributed by atoms with van der Waals surface area (Å²) in [5.74, 6) is 0.516. The van der Waals surface area contributed by atoms with Crippen LogP contribution in [-0.4, -0.2) is 35.0 Å². The number of nitrogens with zero attached hydrogens (tertiary/aromatic N) is 1. The van der Waals surface area contributed by atoms with Crippen molar-refractivity contribution in [1.82, 2.24) is 4.90 Å². The van der Waals surface area contributed by atoms with Crippen molar-refractivity contribution in [3.05, 3.63) is 28.8 Å². The fourth-order valence-corrected chi connectivity index (χ4v) is 2.93. The number of benzene rings is 1. The maximum Gasteiger partial charge on any atom is 0.227 e. The molecule has 2 atom stereocenters. The second kappa shape index (κ2) is 6.46. The molecule has 1 saturated heterocycles. The van der Waals surface area contributed by atoms with E-state index in [-0.39, 0.29) is 22.7 Å². The Morgan fingerprint density at radius 2 is 2.25 bits per heavy atom. The maximum absolute atomic E-state index is 12.3. The van der Waals surface area contributed by atoms with Crippen LogP contribution in [-0.2, 0) is 11.2 Å². The van der Waals surface area contributed by atoms with Gasteiger partial charge in [0.15, 0.2) is 0 Å². The van der Waals surface area contributed by atoms with Crippen molar-refractivity contribution in [2.45, 2.75) is 32.2 Å². The van der Waals surface area contributed by atoms with Gasteiger partial charge in [-0.3, -0.25) is 4.79 Å². The van der Waals surface area contributed by atoms with E-state index in [4.69, 9.17) is 17.3 Å². The summed E-state index contributed by atoms with van der Waals surface area (Å²) in [6.07, 6.45) is 2.45. The minimum absolute atomic E-state index is 0.0362. The number of carbonyl (C=O) groups is 1. The summed E-state index contributed by atoms with van der Waals surface area (Å²) >= 11 is 5.85. The highest BCUT2D eigenvalue weighted by Gasteiger charge is 2.31. The van der Waals surface area contributed by atoms with E-state index in [0.29, 0.717) is 18.9 Å². The van der Waals surface area contributed by atoms with Gasteiger partial charge in [-0.15, -0.1) is 0 Å². The number of halogens is 1. The molecule has 0 bridgehead atoms. The molecule has 3 N–H and O–H groups in total. The third-order valence-electron chi connectivity index (χ3n) is 3.87. The lowest BCUT2D eigenvalue weighted by molar-refractivity contribution is -0.129. The molecule has 20 heavy (non-hydrogen) atoms. The van der Waals surface area contributed by atoms with Crippen LogP contribution in [0.2, 0.25) is 5.02 Å². The van der Waals surface area contributed by atoms with Crippen LogP contribution in [0, 0.1) is 5.92 Å². The zero-order valence-electron chi connectivity index (χ0n) is 11.7. The van der Waals surface area contributed by atoms with Crippen LogP contribution in [0.15, 0.2) is 18.2 Å². The standard InChI is InChI=1S/C15H21ClN2O2/c1-2-3-11-8-18(9-13(11)17)15(20)7-10-4-5-14(19)12(16)6-10/h4-6,11,13,19H,2-3,7-9,17H2,1H3/t11-,13-/m0/s1. The third-order valence-corrected chi connectivity index (χ3v) is 4.17. The number of rotatable bonds is 4. The lowest BCUT2D eigenvalue weighted by Gasteiger charge is -2.16. The Morgan fingerprint density at radius 1 is 1.50 bits per heavy atom. The van der Waals surface area contributed by atoms with E-state index in [0.717, 1.165) is 24.9 Å². The summed E-state index contributed by atoms with van der Waals surface area (Å²) in [5.41, 5.74) is 6.89. The topological polar surface area (TPSA) is 66.6 Å². The largest absolute Gasteiger partial charge is 0.506 e. The Kier molecular flexibility index (Phi) is 4.89. The van der Waals surface area contributed by atoms with E-state index in [9.17, 15) is 9.90 Å². The highest BCUT2D eigenvalue weighted by Crippen LogP contribution is 2.25. The number of hydrogen-bond donors (Lipinski definition) is 2. The Balaban J connectivity index is 1.97. The summed E-state index contributed by atoms with van der Waals surface area (Å²) in [6.45, 7) is 3.52. The predicted octanol–water partition coefficient (Wildman–Crippen LogP) is 2.17. The summed E-state index contributed by atoms with van der Waals surface area (Å²) < 4.78 is 0. The number of nitrogens with two attached hydrogens (primary N) is 1. The third kappa shape index (κ3) is 3.44. The molecule has 1 aromatic rings. The SMILES string of the molecule is CCC[C@H]1CN(C(=O)Cc2ccc(O)c(Cl)c2)C[C@@H]1N. The highest BCUT2D eigenvalue weighted by molar-refractivity contribution is 6.32. The van der Waals surface area contributed by atoms with Gasteiger partial charge in [0.05, 0.1) is 11.4 Å². The summed E-state index contributed by atoms with van der Waals surface area (Å²) in [6, 6.07) is 4.95. The van der Waals surface area contributed by atoms with E-state index in [1.54, 1.807) is 12.1 Å². The second-order valence-corrected chi connectivity index (χ2v) is 5.88. The number of carbonyl (C=O) groups excluding carboxylic acids is 1. The van der Waals surface area contributed by atoms with Gasteiger partial charge in [-0.2, -0.15) is 0 Å². The molecule has 1 fully saturated rings. The second-order valence-electron chi connectivity index (χ2n) is 5.47. The van der Waals surface area contributed by atoms with Gasteiger partial charge >= 0.3 is 0 Å². The van der Waals surface area contributed by atoms with Crippen LogP contribution in [0.4, 0.5) is 0 Å². The van der Waals surface area contributed by atoms with Crippen molar-refractivity contribution < 1.29 is 9.90 Å². The number of phenols is 1. The van der Waals surface area contributed by atoms with Crippen molar-refractivity contribution in [2.75, 3.05) is 13.1 Å². The van der Waals surface area contributed by atoms with Crippen molar-refractivity contribution in [1.29, 1.82) is 0 Å². The molecule has 0 saturated carbocycles. The van der Waals surface area contributed by atoms with Crippen LogP contribution < -0.4 is 5.73 Å². The van der Waals surface area contributed by atoms with Crippen molar-refractivity contribution in [3.63, 3.8) is 0 Å². The molecular formula is C15H21ClN2O2. The smallest absolute Gasteiger partial charge is 0.227 e. The molecule has 0 unspecified atom stereocenters. The molecule has 1 aliphatic rings. The molecule has 1 aliphatic heterocycles. The fraction of sp³-hybridized carbons (Fsp3) is 0.533. The van der Waals surface area contributed by atoms with Crippen LogP contribution in [0.5, 0.6) is 5.75 Å². The Labute approximate surface area is 124 Å². The molecule has 5 heteroatoms. The van der Waals surface area contributed by atoms with Gasteiger partial charge in [0, 0.05) is 19.1 Å². The molecule has 4 nitrogen and oxygen atoms in total. The van der Waals surface area contributed by atoms with Crippen LogP contribution >= 0.6 is 11.6 Å². The average molecular weight is 297 g/mol. The van der Waals surface area contributed by atoms with Crippen molar-refractivity contribution >= 4 is 17.5 Å². The normalized spacial score (nSPS) is 22.2. The van der Waals surface area contributed by atoms with Gasteiger partial charge < -0.3 is 15.7 Å². The van der Waals surface area contributed by atoms with Crippen molar-refractivity contribution in [2.24, 2.45) is 11.7 Å². The number of amides is 1. The number of hydrogen-bond acceptors (Lipinski definition) is 3. The summed E-state index contributed by atoms with van der Waals surface area (Å²) in [5, 5.41) is 9.65. The molecule has 0 aliphatic carbocycles. The first-order valence-corrected chi connectivity index (χ1v) is 7.39. The van der Waals surface area contributed by atoms with Gasteiger partial charge in [0.1, 0.15) is 5.75 Å². The van der Waals surface area contributed by atoms with Crippen molar-refractivity contribution in [3.8, 4) is 5.75 Å². The Hall–Kier alpha value is -1.26.